The number of fused-ring (bicyclic) bond motifs is 1. The lowest BCUT2D eigenvalue weighted by molar-refractivity contribution is -0.127. The van der Waals surface area contributed by atoms with Crippen LogP contribution in [0.2, 0.25) is 0 Å². The molecular weight excluding hydrogens is 348 g/mol. The van der Waals surface area contributed by atoms with Crippen LogP contribution < -0.4 is 16.2 Å². The van der Waals surface area contributed by atoms with Crippen LogP contribution in [-0.2, 0) is 9.53 Å². The Morgan fingerprint density at radius 2 is 2.00 bits per heavy atom. The summed E-state index contributed by atoms with van der Waals surface area (Å²) in [4.78, 5) is 54.9. The highest BCUT2D eigenvalue weighted by atomic mass is 32.1. The first kappa shape index (κ1) is 18.6. The van der Waals surface area contributed by atoms with E-state index in [1.165, 1.54) is 6.92 Å². The van der Waals surface area contributed by atoms with Gasteiger partial charge in [-0.25, -0.2) is 14.6 Å². The van der Waals surface area contributed by atoms with Crippen LogP contribution in [-0.4, -0.2) is 40.5 Å². The van der Waals surface area contributed by atoms with E-state index in [1.807, 2.05) is 0 Å². The number of aromatic amines is 1. The average Bonchev–Trinajstić information content (AvgIpc) is 2.84. The Kier molecular flexibility index (Phi) is 5.52. The fraction of sp³-hybridized carbons (Fsp3) is 0.400. The molecule has 2 aromatic rings. The third-order valence-corrected chi connectivity index (χ3v) is 4.50. The molecule has 9 nitrogen and oxygen atoms in total. The van der Waals surface area contributed by atoms with Crippen LogP contribution in [0.1, 0.15) is 34.9 Å². The van der Waals surface area contributed by atoms with Gasteiger partial charge in [0.15, 0.2) is 6.10 Å². The van der Waals surface area contributed by atoms with Gasteiger partial charge in [-0.15, -0.1) is 11.3 Å². The summed E-state index contributed by atoms with van der Waals surface area (Å²) in [6, 6.07) is -0.667. The van der Waals surface area contributed by atoms with E-state index < -0.39 is 24.0 Å². The SMILES string of the molecule is CCNC(=O)NC(=O)C(C)OC(=O)c1sc2nc(C)[nH]c(=O)c2c1C. The highest BCUT2D eigenvalue weighted by molar-refractivity contribution is 7.20. The molecule has 3 N–H and O–H groups in total. The average molecular weight is 366 g/mol. The maximum Gasteiger partial charge on any atom is 0.349 e. The molecule has 0 saturated heterocycles. The molecule has 0 aliphatic heterocycles. The molecule has 1 atom stereocenters. The van der Waals surface area contributed by atoms with Gasteiger partial charge in [0, 0.05) is 6.54 Å². The molecule has 0 fully saturated rings. The molecule has 2 rings (SSSR count). The molecule has 0 aliphatic carbocycles. The quantitative estimate of drug-likeness (QED) is 0.692. The van der Waals surface area contributed by atoms with Crippen molar-refractivity contribution in [3.8, 4) is 0 Å². The number of amides is 3. The molecule has 0 radical (unpaired) electrons. The van der Waals surface area contributed by atoms with Gasteiger partial charge >= 0.3 is 12.0 Å². The molecule has 0 bridgehead atoms. The van der Waals surface area contributed by atoms with Crippen molar-refractivity contribution in [3.63, 3.8) is 0 Å². The van der Waals surface area contributed by atoms with Crippen molar-refractivity contribution in [2.45, 2.75) is 33.8 Å². The number of carbonyl (C=O) groups excluding carboxylic acids is 3. The van der Waals surface area contributed by atoms with Gasteiger partial charge in [0.2, 0.25) is 0 Å². The number of hydrogen-bond acceptors (Lipinski definition) is 7. The Balaban J connectivity index is 2.18. The van der Waals surface area contributed by atoms with E-state index in [0.717, 1.165) is 11.3 Å². The molecular formula is C15H18N4O5S. The zero-order chi connectivity index (χ0) is 18.7. The van der Waals surface area contributed by atoms with Crippen molar-refractivity contribution < 1.29 is 19.1 Å². The molecule has 0 saturated carbocycles. The highest BCUT2D eigenvalue weighted by Crippen LogP contribution is 2.27. The summed E-state index contributed by atoms with van der Waals surface area (Å²) >= 11 is 1.02. The number of thiophene rings is 1. The largest absolute Gasteiger partial charge is 0.448 e. The minimum Gasteiger partial charge on any atom is -0.448 e. The van der Waals surface area contributed by atoms with E-state index in [9.17, 15) is 19.2 Å². The number of rotatable bonds is 4. The van der Waals surface area contributed by atoms with E-state index >= 15 is 0 Å². The number of aromatic nitrogens is 2. The van der Waals surface area contributed by atoms with Crippen LogP contribution in [0.15, 0.2) is 4.79 Å². The van der Waals surface area contributed by atoms with Crippen LogP contribution in [0.5, 0.6) is 0 Å². The summed E-state index contributed by atoms with van der Waals surface area (Å²) in [5.41, 5.74) is 0.104. The van der Waals surface area contributed by atoms with Gasteiger partial charge in [0.1, 0.15) is 15.5 Å². The van der Waals surface area contributed by atoms with E-state index in [0.29, 0.717) is 28.1 Å². The summed E-state index contributed by atoms with van der Waals surface area (Å²) in [5, 5.41) is 4.79. The van der Waals surface area contributed by atoms with Crippen molar-refractivity contribution in [1.29, 1.82) is 0 Å². The number of imide groups is 1. The van der Waals surface area contributed by atoms with Gasteiger partial charge in [0.05, 0.1) is 5.39 Å². The number of esters is 1. The number of ether oxygens (including phenoxy) is 1. The second kappa shape index (κ2) is 7.43. The monoisotopic (exact) mass is 366 g/mol. The van der Waals surface area contributed by atoms with Gasteiger partial charge < -0.3 is 15.0 Å². The standard InChI is InChI=1S/C15H18N4O5S/c1-5-16-15(23)19-11(20)7(3)24-14(22)10-6(2)9-12(21)17-8(4)18-13(9)25-10/h7H,5H2,1-4H3,(H,17,18,21)(H2,16,19,20,23). The van der Waals surface area contributed by atoms with Crippen LogP contribution >= 0.6 is 11.3 Å². The molecule has 134 valence electrons. The van der Waals surface area contributed by atoms with E-state index in [2.05, 4.69) is 20.6 Å². The second-order valence-corrected chi connectivity index (χ2v) is 6.28. The Morgan fingerprint density at radius 3 is 2.64 bits per heavy atom. The van der Waals surface area contributed by atoms with Crippen molar-refractivity contribution in [1.82, 2.24) is 20.6 Å². The first-order valence-corrected chi connectivity index (χ1v) is 8.35. The predicted molar refractivity (Wildman–Crippen MR) is 91.8 cm³/mol. The lowest BCUT2D eigenvalue weighted by Crippen LogP contribution is -2.44. The number of hydrogen-bond donors (Lipinski definition) is 3. The number of carbonyl (C=O) groups is 3. The third-order valence-electron chi connectivity index (χ3n) is 3.33. The second-order valence-electron chi connectivity index (χ2n) is 5.28. The Labute approximate surface area is 146 Å². The third kappa shape index (κ3) is 4.02. The summed E-state index contributed by atoms with van der Waals surface area (Å²) in [7, 11) is 0. The minimum absolute atomic E-state index is 0.191. The number of urea groups is 1. The van der Waals surface area contributed by atoms with E-state index in [1.54, 1.807) is 20.8 Å². The molecule has 2 heterocycles. The molecule has 0 aliphatic rings. The number of nitrogens with one attached hydrogen (secondary N) is 3. The maximum absolute atomic E-state index is 12.3. The zero-order valence-corrected chi connectivity index (χ0v) is 15.0. The molecule has 25 heavy (non-hydrogen) atoms. The summed E-state index contributed by atoms with van der Waals surface area (Å²) in [5.74, 6) is -1.06. The van der Waals surface area contributed by atoms with Gasteiger partial charge in [-0.3, -0.25) is 14.9 Å². The molecule has 3 amide bonds. The van der Waals surface area contributed by atoms with Crippen molar-refractivity contribution in [3.05, 3.63) is 26.6 Å². The topological polar surface area (TPSA) is 130 Å². The first-order valence-electron chi connectivity index (χ1n) is 7.54. The molecule has 2 aromatic heterocycles. The minimum atomic E-state index is -1.17. The summed E-state index contributed by atoms with van der Waals surface area (Å²) in [6.45, 7) is 6.66. The van der Waals surface area contributed by atoms with Crippen molar-refractivity contribution in [2.75, 3.05) is 6.54 Å². The van der Waals surface area contributed by atoms with Gasteiger partial charge in [-0.1, -0.05) is 0 Å². The number of nitrogens with zero attached hydrogens (tertiary/aromatic N) is 1. The molecule has 0 aromatic carbocycles. The lowest BCUT2D eigenvalue weighted by Gasteiger charge is -2.12. The summed E-state index contributed by atoms with van der Waals surface area (Å²) < 4.78 is 5.10. The van der Waals surface area contributed by atoms with Gasteiger partial charge in [-0.05, 0) is 33.3 Å². The molecule has 10 heteroatoms. The smallest absolute Gasteiger partial charge is 0.349 e. The van der Waals surface area contributed by atoms with E-state index in [-0.39, 0.29) is 10.4 Å². The molecule has 0 spiro atoms. The Morgan fingerprint density at radius 1 is 1.32 bits per heavy atom. The first-order chi connectivity index (χ1) is 11.7. The highest BCUT2D eigenvalue weighted by Gasteiger charge is 2.25. The van der Waals surface area contributed by atoms with Gasteiger partial charge in [-0.2, -0.15) is 0 Å². The predicted octanol–water partition coefficient (Wildman–Crippen LogP) is 0.992. The van der Waals surface area contributed by atoms with E-state index in [4.69, 9.17) is 4.74 Å². The summed E-state index contributed by atoms with van der Waals surface area (Å²) in [6.07, 6.45) is -1.17. The number of aryl methyl sites for hydroxylation is 2. The lowest BCUT2D eigenvalue weighted by atomic mass is 10.2. The fourth-order valence-electron chi connectivity index (χ4n) is 2.13. The van der Waals surface area contributed by atoms with Crippen LogP contribution in [0.3, 0.4) is 0 Å². The van der Waals surface area contributed by atoms with Crippen LogP contribution in [0.25, 0.3) is 10.2 Å². The maximum atomic E-state index is 12.3. The number of H-pyrrole nitrogens is 1. The fourth-order valence-corrected chi connectivity index (χ4v) is 3.24. The molecule has 1 unspecified atom stereocenters. The van der Waals surface area contributed by atoms with Crippen LogP contribution in [0.4, 0.5) is 4.79 Å². The zero-order valence-electron chi connectivity index (χ0n) is 14.2. The normalized spacial score (nSPS) is 11.8. The Hall–Kier alpha value is -2.75. The van der Waals surface area contributed by atoms with Crippen LogP contribution in [0, 0.1) is 13.8 Å². The van der Waals surface area contributed by atoms with Gasteiger partial charge in [0.25, 0.3) is 11.5 Å². The Bertz CT molecular complexity index is 901. The van der Waals surface area contributed by atoms with Crippen molar-refractivity contribution in [2.24, 2.45) is 0 Å². The van der Waals surface area contributed by atoms with Crippen molar-refractivity contribution >= 4 is 39.5 Å².